The minimum absolute atomic E-state index is 0.0398. The molecule has 4 rings (SSSR count). The first-order chi connectivity index (χ1) is 15.5. The molecule has 0 aliphatic rings. The summed E-state index contributed by atoms with van der Waals surface area (Å²) in [5.74, 6) is -0.363. The Labute approximate surface area is 186 Å². The average molecular weight is 447 g/mol. The summed E-state index contributed by atoms with van der Waals surface area (Å²) in [5, 5.41) is 7.12. The Kier molecular flexibility index (Phi) is 6.44. The van der Waals surface area contributed by atoms with Gasteiger partial charge in [0.15, 0.2) is 0 Å². The Morgan fingerprint density at radius 2 is 1.56 bits per heavy atom. The molecule has 0 spiro atoms. The zero-order valence-corrected chi connectivity index (χ0v) is 18.0. The van der Waals surface area contributed by atoms with Crippen LogP contribution in [0.5, 0.6) is 0 Å². The number of nitrogens with one attached hydrogen (secondary N) is 2. The minimum atomic E-state index is -3.75. The highest BCUT2D eigenvalue weighted by atomic mass is 32.2. The molecule has 0 bridgehead atoms. The fourth-order valence-electron chi connectivity index (χ4n) is 3.12. The van der Waals surface area contributed by atoms with E-state index in [1.165, 1.54) is 12.1 Å². The number of sulfonamides is 1. The standard InChI is InChI=1S/C24H22N4O3S/c29-24(25-15-20-16-26-28(18-20)22-11-5-2-6-12-22)21-10-7-13-23(14-21)32(30,31)27-17-19-8-3-1-4-9-19/h1-14,16,18,27H,15,17H2,(H,25,29). The van der Waals surface area contributed by atoms with Gasteiger partial charge in [-0.2, -0.15) is 5.10 Å². The number of rotatable bonds is 8. The summed E-state index contributed by atoms with van der Waals surface area (Å²) in [6.07, 6.45) is 3.52. The second-order valence-electron chi connectivity index (χ2n) is 7.15. The molecule has 0 radical (unpaired) electrons. The van der Waals surface area contributed by atoms with E-state index in [1.54, 1.807) is 23.0 Å². The van der Waals surface area contributed by atoms with Gasteiger partial charge in [-0.1, -0.05) is 54.6 Å². The number of hydrogen-bond acceptors (Lipinski definition) is 4. The van der Waals surface area contributed by atoms with Crippen molar-refractivity contribution in [1.29, 1.82) is 0 Å². The van der Waals surface area contributed by atoms with Crippen molar-refractivity contribution >= 4 is 15.9 Å². The summed E-state index contributed by atoms with van der Waals surface area (Å²) in [7, 11) is -3.75. The number of benzene rings is 3. The Bertz CT molecular complexity index is 1300. The van der Waals surface area contributed by atoms with Crippen LogP contribution in [0.1, 0.15) is 21.5 Å². The lowest BCUT2D eigenvalue weighted by Gasteiger charge is -2.09. The van der Waals surface area contributed by atoms with Crippen molar-refractivity contribution in [2.45, 2.75) is 18.0 Å². The molecule has 162 valence electrons. The van der Waals surface area contributed by atoms with Crippen LogP contribution in [0.3, 0.4) is 0 Å². The van der Waals surface area contributed by atoms with Crippen molar-refractivity contribution < 1.29 is 13.2 Å². The summed E-state index contributed by atoms with van der Waals surface area (Å²) in [5.41, 5.74) is 2.87. The van der Waals surface area contributed by atoms with Gasteiger partial charge >= 0.3 is 0 Å². The fraction of sp³-hybridized carbons (Fsp3) is 0.0833. The van der Waals surface area contributed by atoms with E-state index in [-0.39, 0.29) is 29.5 Å². The van der Waals surface area contributed by atoms with Gasteiger partial charge < -0.3 is 5.32 Å². The van der Waals surface area contributed by atoms with Crippen molar-refractivity contribution in [3.05, 3.63) is 114 Å². The molecule has 0 aliphatic carbocycles. The molecule has 7 nitrogen and oxygen atoms in total. The number of aromatic nitrogens is 2. The summed E-state index contributed by atoms with van der Waals surface area (Å²) in [4.78, 5) is 12.6. The molecule has 8 heteroatoms. The SMILES string of the molecule is O=C(NCc1cnn(-c2ccccc2)c1)c1cccc(S(=O)(=O)NCc2ccccc2)c1. The smallest absolute Gasteiger partial charge is 0.251 e. The molecule has 0 atom stereocenters. The largest absolute Gasteiger partial charge is 0.348 e. The molecule has 1 heterocycles. The van der Waals surface area contributed by atoms with Crippen LogP contribution in [-0.4, -0.2) is 24.1 Å². The van der Waals surface area contributed by atoms with Crippen LogP contribution in [0.15, 0.2) is 102 Å². The van der Waals surface area contributed by atoms with Crippen LogP contribution in [0.25, 0.3) is 5.69 Å². The first-order valence-electron chi connectivity index (χ1n) is 10.0. The van der Waals surface area contributed by atoms with Crippen LogP contribution in [-0.2, 0) is 23.1 Å². The number of carbonyl (C=O) groups is 1. The maximum absolute atomic E-state index is 12.6. The summed E-state index contributed by atoms with van der Waals surface area (Å²) in [6.45, 7) is 0.444. The molecule has 0 unspecified atom stereocenters. The molecular weight excluding hydrogens is 424 g/mol. The van der Waals surface area contributed by atoms with E-state index in [0.29, 0.717) is 0 Å². The molecule has 2 N–H and O–H groups in total. The lowest BCUT2D eigenvalue weighted by Crippen LogP contribution is -2.25. The molecule has 32 heavy (non-hydrogen) atoms. The minimum Gasteiger partial charge on any atom is -0.348 e. The Morgan fingerprint density at radius 3 is 2.31 bits per heavy atom. The van der Waals surface area contributed by atoms with Crippen molar-refractivity contribution in [2.24, 2.45) is 0 Å². The fourth-order valence-corrected chi connectivity index (χ4v) is 4.18. The van der Waals surface area contributed by atoms with Gasteiger partial charge in [-0.3, -0.25) is 4.79 Å². The number of hydrogen-bond donors (Lipinski definition) is 2. The number of amides is 1. The van der Waals surface area contributed by atoms with Crippen LogP contribution in [0, 0.1) is 0 Å². The molecule has 1 amide bonds. The Balaban J connectivity index is 1.39. The van der Waals surface area contributed by atoms with Crippen LogP contribution in [0.2, 0.25) is 0 Å². The second-order valence-corrected chi connectivity index (χ2v) is 8.92. The Morgan fingerprint density at radius 1 is 0.844 bits per heavy atom. The number of carbonyl (C=O) groups excluding carboxylic acids is 1. The summed E-state index contributed by atoms with van der Waals surface area (Å²) in [6, 6.07) is 24.9. The molecule has 0 fully saturated rings. The van der Waals surface area contributed by atoms with E-state index in [1.807, 2.05) is 66.9 Å². The van der Waals surface area contributed by atoms with Gasteiger partial charge in [0.05, 0.1) is 16.8 Å². The predicted octanol–water partition coefficient (Wildman–Crippen LogP) is 3.28. The number of para-hydroxylation sites is 1. The van der Waals surface area contributed by atoms with Crippen molar-refractivity contribution in [1.82, 2.24) is 19.8 Å². The maximum Gasteiger partial charge on any atom is 0.251 e. The average Bonchev–Trinajstić information content (AvgIpc) is 3.32. The van der Waals surface area contributed by atoms with Gasteiger partial charge in [-0.25, -0.2) is 17.8 Å². The molecule has 0 aliphatic heterocycles. The quantitative estimate of drug-likeness (QED) is 0.434. The molecule has 1 aromatic heterocycles. The lowest BCUT2D eigenvalue weighted by molar-refractivity contribution is 0.0950. The van der Waals surface area contributed by atoms with Crippen LogP contribution >= 0.6 is 0 Å². The van der Waals surface area contributed by atoms with Crippen LogP contribution in [0.4, 0.5) is 0 Å². The molecular formula is C24H22N4O3S. The zero-order valence-electron chi connectivity index (χ0n) is 17.2. The third-order valence-electron chi connectivity index (χ3n) is 4.83. The van der Waals surface area contributed by atoms with E-state index in [2.05, 4.69) is 15.1 Å². The van der Waals surface area contributed by atoms with Gasteiger partial charge in [0.25, 0.3) is 5.91 Å². The van der Waals surface area contributed by atoms with E-state index in [4.69, 9.17) is 0 Å². The van der Waals surface area contributed by atoms with Gasteiger partial charge in [0.2, 0.25) is 10.0 Å². The van der Waals surface area contributed by atoms with Crippen molar-refractivity contribution in [3.8, 4) is 5.69 Å². The highest BCUT2D eigenvalue weighted by Crippen LogP contribution is 2.13. The summed E-state index contributed by atoms with van der Waals surface area (Å²) < 4.78 is 29.6. The first-order valence-corrected chi connectivity index (χ1v) is 11.5. The van der Waals surface area contributed by atoms with Gasteiger partial charge in [-0.05, 0) is 35.9 Å². The monoisotopic (exact) mass is 446 g/mol. The maximum atomic E-state index is 12.6. The highest BCUT2D eigenvalue weighted by molar-refractivity contribution is 7.89. The first kappa shape index (κ1) is 21.5. The van der Waals surface area contributed by atoms with E-state index < -0.39 is 10.0 Å². The third kappa shape index (κ3) is 5.29. The molecule has 0 saturated carbocycles. The highest BCUT2D eigenvalue weighted by Gasteiger charge is 2.16. The summed E-state index contributed by atoms with van der Waals surface area (Å²) >= 11 is 0. The van der Waals surface area contributed by atoms with Gasteiger partial charge in [-0.15, -0.1) is 0 Å². The van der Waals surface area contributed by atoms with Gasteiger partial charge in [0.1, 0.15) is 0 Å². The van der Waals surface area contributed by atoms with Crippen molar-refractivity contribution in [3.63, 3.8) is 0 Å². The third-order valence-corrected chi connectivity index (χ3v) is 6.22. The molecule has 4 aromatic rings. The van der Waals surface area contributed by atoms with E-state index >= 15 is 0 Å². The predicted molar refractivity (Wildman–Crippen MR) is 122 cm³/mol. The second kappa shape index (κ2) is 9.59. The Hall–Kier alpha value is -3.75. The van der Waals surface area contributed by atoms with Crippen LogP contribution < -0.4 is 10.0 Å². The normalized spacial score (nSPS) is 11.2. The van der Waals surface area contributed by atoms with Crippen molar-refractivity contribution in [2.75, 3.05) is 0 Å². The van der Waals surface area contributed by atoms with E-state index in [0.717, 1.165) is 16.8 Å². The van der Waals surface area contributed by atoms with Gasteiger partial charge in [0, 0.05) is 30.4 Å². The van der Waals surface area contributed by atoms with E-state index in [9.17, 15) is 13.2 Å². The molecule has 3 aromatic carbocycles. The lowest BCUT2D eigenvalue weighted by atomic mass is 10.2. The molecule has 0 saturated heterocycles. The zero-order chi connectivity index (χ0) is 22.4. The topological polar surface area (TPSA) is 93.1 Å². The number of nitrogens with zero attached hydrogens (tertiary/aromatic N) is 2.